The van der Waals surface area contributed by atoms with E-state index in [1.807, 2.05) is 30.3 Å². The van der Waals surface area contributed by atoms with Crippen LogP contribution < -0.4 is 16.2 Å². The highest BCUT2D eigenvalue weighted by Crippen LogP contribution is 2.35. The molecule has 6 rings (SSSR count). The number of hydrogen-bond donors (Lipinski definition) is 1. The van der Waals surface area contributed by atoms with E-state index in [0.29, 0.717) is 28.1 Å². The van der Waals surface area contributed by atoms with Crippen LogP contribution in [0.5, 0.6) is 0 Å². The molecular weight excluding hydrogens is 444 g/mol. The van der Waals surface area contributed by atoms with Gasteiger partial charge in [-0.1, -0.05) is 36.7 Å². The Morgan fingerprint density at radius 1 is 1.18 bits per heavy atom. The summed E-state index contributed by atoms with van der Waals surface area (Å²) in [5.74, 6) is 1.58. The molecule has 0 amide bonds. The van der Waals surface area contributed by atoms with E-state index in [0.717, 1.165) is 18.7 Å². The lowest BCUT2D eigenvalue weighted by molar-refractivity contribution is 0.369. The fourth-order valence-electron chi connectivity index (χ4n) is 4.43. The highest BCUT2D eigenvalue weighted by atomic mass is 35.5. The fraction of sp³-hybridized carbons (Fsp3) is 0.238. The van der Waals surface area contributed by atoms with Crippen LogP contribution in [0.25, 0.3) is 17.0 Å². The maximum atomic E-state index is 13.5. The summed E-state index contributed by atoms with van der Waals surface area (Å²) in [6, 6.07) is 11.1. The molecule has 1 unspecified atom stereocenters. The van der Waals surface area contributed by atoms with Gasteiger partial charge in [-0.3, -0.25) is 9.36 Å². The molecule has 0 bridgehead atoms. The lowest BCUT2D eigenvalue weighted by atomic mass is 9.90. The molecular formula is C21H19ClN10O. The van der Waals surface area contributed by atoms with Gasteiger partial charge in [-0.15, -0.1) is 0 Å². The minimum Gasteiger partial charge on any atom is -0.368 e. The number of benzene rings is 1. The fourth-order valence-corrected chi connectivity index (χ4v) is 4.66. The zero-order valence-corrected chi connectivity index (χ0v) is 18.3. The van der Waals surface area contributed by atoms with Crippen molar-refractivity contribution in [1.82, 2.24) is 38.7 Å². The van der Waals surface area contributed by atoms with Gasteiger partial charge >= 0.3 is 0 Å². The zero-order chi connectivity index (χ0) is 22.7. The Bertz CT molecular complexity index is 1560. The summed E-state index contributed by atoms with van der Waals surface area (Å²) < 4.78 is 4.76. The van der Waals surface area contributed by atoms with E-state index >= 15 is 0 Å². The third kappa shape index (κ3) is 2.96. The van der Waals surface area contributed by atoms with E-state index in [9.17, 15) is 4.79 Å². The van der Waals surface area contributed by atoms with Crippen LogP contribution >= 0.6 is 11.6 Å². The van der Waals surface area contributed by atoms with Crippen LogP contribution in [0, 0.1) is 0 Å². The quantitative estimate of drug-likeness (QED) is 0.429. The normalized spacial score (nSPS) is 16.9. The zero-order valence-electron chi connectivity index (χ0n) is 17.6. The maximum Gasteiger partial charge on any atom is 0.284 e. The molecule has 12 heteroatoms. The van der Waals surface area contributed by atoms with Crippen LogP contribution in [0.2, 0.25) is 5.02 Å². The molecule has 4 aromatic heterocycles. The number of rotatable bonds is 4. The number of halogens is 1. The molecule has 1 aromatic carbocycles. The third-order valence-corrected chi connectivity index (χ3v) is 6.44. The molecule has 5 aromatic rings. The Balaban J connectivity index is 1.49. The maximum absolute atomic E-state index is 13.5. The minimum absolute atomic E-state index is 0.0112. The molecule has 1 aliphatic rings. The van der Waals surface area contributed by atoms with Crippen molar-refractivity contribution in [2.75, 3.05) is 17.2 Å². The highest BCUT2D eigenvalue weighted by Gasteiger charge is 2.38. The summed E-state index contributed by atoms with van der Waals surface area (Å²) in [6.07, 6.45) is 4.01. The number of para-hydroxylation sites is 1. The van der Waals surface area contributed by atoms with Crippen molar-refractivity contribution in [2.24, 2.45) is 0 Å². The number of nitrogen functional groups attached to an aromatic ring is 1. The molecule has 1 saturated heterocycles. The molecule has 1 fully saturated rings. The van der Waals surface area contributed by atoms with Gasteiger partial charge in [0.1, 0.15) is 17.7 Å². The van der Waals surface area contributed by atoms with Crippen molar-refractivity contribution in [2.45, 2.75) is 25.3 Å². The smallest absolute Gasteiger partial charge is 0.284 e. The van der Waals surface area contributed by atoms with Gasteiger partial charge in [-0.05, 0) is 24.6 Å². The van der Waals surface area contributed by atoms with E-state index in [1.54, 1.807) is 25.9 Å². The van der Waals surface area contributed by atoms with Gasteiger partial charge in [0.25, 0.3) is 11.3 Å². The van der Waals surface area contributed by atoms with Crippen molar-refractivity contribution >= 4 is 34.8 Å². The molecule has 0 saturated carbocycles. The first kappa shape index (κ1) is 19.7. The molecule has 11 nitrogen and oxygen atoms in total. The van der Waals surface area contributed by atoms with Crippen molar-refractivity contribution < 1.29 is 0 Å². The molecule has 2 N–H and O–H groups in total. The lowest BCUT2D eigenvalue weighted by Gasteiger charge is -2.44. The summed E-state index contributed by atoms with van der Waals surface area (Å²) in [6.45, 7) is 2.81. The number of fused-ring (bicyclic) bond motifs is 2. The third-order valence-electron chi connectivity index (χ3n) is 6.13. The van der Waals surface area contributed by atoms with Gasteiger partial charge in [-0.25, -0.2) is 4.52 Å². The second kappa shape index (κ2) is 7.27. The largest absolute Gasteiger partial charge is 0.368 e. The van der Waals surface area contributed by atoms with E-state index in [2.05, 4.69) is 31.9 Å². The number of nitrogens with two attached hydrogens (primary N) is 1. The highest BCUT2D eigenvalue weighted by molar-refractivity contribution is 6.33. The van der Waals surface area contributed by atoms with Crippen LogP contribution in [-0.4, -0.2) is 51.3 Å². The van der Waals surface area contributed by atoms with E-state index in [4.69, 9.17) is 22.4 Å². The first-order valence-electron chi connectivity index (χ1n) is 10.5. The molecule has 33 heavy (non-hydrogen) atoms. The SMILES string of the molecule is CC(c1nn2ccc(Cl)c2c(=O)n1-c1ccccc1)[C@@H]1CCN1c1nc(N)nc2ncnn12. The Labute approximate surface area is 192 Å². The molecule has 1 aliphatic heterocycles. The molecule has 0 radical (unpaired) electrons. The summed E-state index contributed by atoms with van der Waals surface area (Å²) >= 11 is 6.31. The van der Waals surface area contributed by atoms with Crippen LogP contribution in [0.15, 0.2) is 53.7 Å². The molecule has 0 spiro atoms. The predicted molar refractivity (Wildman–Crippen MR) is 123 cm³/mol. The van der Waals surface area contributed by atoms with Crippen LogP contribution in [0.1, 0.15) is 25.1 Å². The van der Waals surface area contributed by atoms with E-state index in [-0.39, 0.29) is 23.5 Å². The second-order valence-corrected chi connectivity index (χ2v) is 8.39. The van der Waals surface area contributed by atoms with Crippen LogP contribution in [0.4, 0.5) is 11.9 Å². The number of anilines is 2. The van der Waals surface area contributed by atoms with Crippen molar-refractivity contribution in [3.8, 4) is 5.69 Å². The summed E-state index contributed by atoms with van der Waals surface area (Å²) in [5.41, 5.74) is 6.77. The topological polar surface area (TPSA) is 125 Å². The van der Waals surface area contributed by atoms with Gasteiger partial charge in [0.15, 0.2) is 0 Å². The summed E-state index contributed by atoms with van der Waals surface area (Å²) in [5, 5.41) is 9.42. The Hall–Kier alpha value is -3.99. The number of aromatic nitrogens is 8. The van der Waals surface area contributed by atoms with Crippen LogP contribution in [0.3, 0.4) is 0 Å². The van der Waals surface area contributed by atoms with Gasteiger partial charge < -0.3 is 10.6 Å². The van der Waals surface area contributed by atoms with Crippen molar-refractivity contribution in [1.29, 1.82) is 0 Å². The first-order valence-corrected chi connectivity index (χ1v) is 10.9. The monoisotopic (exact) mass is 462 g/mol. The van der Waals surface area contributed by atoms with Gasteiger partial charge in [0, 0.05) is 24.7 Å². The second-order valence-electron chi connectivity index (χ2n) is 7.98. The Kier molecular flexibility index (Phi) is 4.34. The number of nitrogens with zero attached hydrogens (tertiary/aromatic N) is 9. The van der Waals surface area contributed by atoms with Gasteiger partial charge in [0.2, 0.25) is 11.9 Å². The Morgan fingerprint density at radius 3 is 2.76 bits per heavy atom. The first-order chi connectivity index (χ1) is 16.0. The van der Waals surface area contributed by atoms with E-state index < -0.39 is 0 Å². The average Bonchev–Trinajstić information content (AvgIpc) is 3.40. The lowest BCUT2D eigenvalue weighted by Crippen LogP contribution is -2.53. The molecule has 2 atom stereocenters. The number of hydrogen-bond acceptors (Lipinski definition) is 8. The van der Waals surface area contributed by atoms with Gasteiger partial charge in [0.05, 0.1) is 10.7 Å². The van der Waals surface area contributed by atoms with Gasteiger partial charge in [-0.2, -0.15) is 29.7 Å². The minimum atomic E-state index is -0.219. The molecule has 166 valence electrons. The summed E-state index contributed by atoms with van der Waals surface area (Å²) in [4.78, 5) is 28.3. The van der Waals surface area contributed by atoms with E-state index in [1.165, 1.54) is 6.33 Å². The molecule has 5 heterocycles. The Morgan fingerprint density at radius 2 is 2.00 bits per heavy atom. The molecule has 0 aliphatic carbocycles. The average molecular weight is 463 g/mol. The van der Waals surface area contributed by atoms with Crippen molar-refractivity contribution in [3.05, 3.63) is 70.1 Å². The van der Waals surface area contributed by atoms with Crippen LogP contribution in [-0.2, 0) is 0 Å². The standard InChI is InChI=1S/C21H19ClN10O/c1-12(15-8-9-29(15)21-27-19(23)26-20-24-11-25-32(20)21)17-28-30-10-7-14(22)16(30)18(33)31(17)13-5-3-2-4-6-13/h2-7,10-12,15H,8-9H2,1H3,(H2,23,24,25,26)/t12?,15-/m0/s1. The van der Waals surface area contributed by atoms with Crippen molar-refractivity contribution in [3.63, 3.8) is 0 Å². The predicted octanol–water partition coefficient (Wildman–Crippen LogP) is 1.94. The summed E-state index contributed by atoms with van der Waals surface area (Å²) in [7, 11) is 0.